The smallest absolute Gasteiger partial charge is 0.317 e. The predicted molar refractivity (Wildman–Crippen MR) is 88.3 cm³/mol. The third kappa shape index (κ3) is 3.67. The largest absolute Gasteiger partial charge is 0.347 e. The van der Waals surface area contributed by atoms with E-state index in [0.29, 0.717) is 32.8 Å². The van der Waals surface area contributed by atoms with Gasteiger partial charge in [0.25, 0.3) is 0 Å². The Balaban J connectivity index is 1.50. The molecular weight excluding hydrogens is 292 g/mol. The minimum absolute atomic E-state index is 0.00172. The first kappa shape index (κ1) is 16.3. The molecule has 0 unspecified atom stereocenters. The van der Waals surface area contributed by atoms with Crippen LogP contribution in [0.25, 0.3) is 0 Å². The lowest BCUT2D eigenvalue weighted by Gasteiger charge is -2.38. The van der Waals surface area contributed by atoms with E-state index in [-0.39, 0.29) is 11.4 Å². The molecule has 0 aromatic heterocycles. The fourth-order valence-corrected chi connectivity index (χ4v) is 3.24. The third-order valence-corrected chi connectivity index (χ3v) is 4.86. The number of hydrogen-bond donors (Lipinski definition) is 1. The summed E-state index contributed by atoms with van der Waals surface area (Å²) in [5, 5.41) is 3.08. The Hall–Kier alpha value is -1.59. The number of nitrogens with zero attached hydrogens (tertiary/aromatic N) is 1. The summed E-state index contributed by atoms with van der Waals surface area (Å²) in [6.07, 6.45) is 1.50. The molecule has 23 heavy (non-hydrogen) atoms. The Morgan fingerprint density at radius 1 is 1.17 bits per heavy atom. The molecule has 2 aliphatic heterocycles. The average Bonchev–Trinajstić information content (AvgIpc) is 3.02. The van der Waals surface area contributed by atoms with Crippen LogP contribution in [0.2, 0.25) is 0 Å². The zero-order valence-corrected chi connectivity index (χ0v) is 14.0. The van der Waals surface area contributed by atoms with E-state index in [2.05, 4.69) is 31.3 Å². The Kier molecular flexibility index (Phi) is 4.60. The first-order valence-electron chi connectivity index (χ1n) is 8.37. The summed E-state index contributed by atoms with van der Waals surface area (Å²) in [7, 11) is 0. The molecule has 0 bridgehead atoms. The topological polar surface area (TPSA) is 50.8 Å². The summed E-state index contributed by atoms with van der Waals surface area (Å²) in [5.74, 6) is -0.430. The number of ether oxygens (including phenoxy) is 2. The summed E-state index contributed by atoms with van der Waals surface area (Å²) in [4.78, 5) is 14.3. The Morgan fingerprint density at radius 2 is 1.78 bits per heavy atom. The van der Waals surface area contributed by atoms with Crippen molar-refractivity contribution in [2.75, 3.05) is 32.8 Å². The molecule has 2 saturated heterocycles. The SMILES string of the molecule is CC(C)(CNC(=O)N1CCC2(CC1)OCCO2)c1ccccc1. The van der Waals surface area contributed by atoms with Crippen molar-refractivity contribution in [3.8, 4) is 0 Å². The fourth-order valence-electron chi connectivity index (χ4n) is 3.24. The van der Waals surface area contributed by atoms with Gasteiger partial charge in [-0.1, -0.05) is 44.2 Å². The van der Waals surface area contributed by atoms with Crippen LogP contribution in [0.1, 0.15) is 32.3 Å². The fraction of sp³-hybridized carbons (Fsp3) is 0.611. The van der Waals surface area contributed by atoms with Gasteiger partial charge in [0.15, 0.2) is 5.79 Å². The summed E-state index contributed by atoms with van der Waals surface area (Å²) >= 11 is 0. The van der Waals surface area contributed by atoms with Gasteiger partial charge in [-0.15, -0.1) is 0 Å². The lowest BCUT2D eigenvalue weighted by Crippen LogP contribution is -2.51. The Labute approximate surface area is 137 Å². The van der Waals surface area contributed by atoms with Crippen LogP contribution in [0.4, 0.5) is 4.79 Å². The molecule has 2 aliphatic rings. The second-order valence-corrected chi connectivity index (χ2v) is 7.00. The minimum Gasteiger partial charge on any atom is -0.347 e. The molecule has 0 atom stereocenters. The molecule has 2 heterocycles. The van der Waals surface area contributed by atoms with E-state index >= 15 is 0 Å². The molecule has 1 spiro atoms. The number of carbonyl (C=O) groups is 1. The van der Waals surface area contributed by atoms with E-state index in [1.54, 1.807) is 0 Å². The average molecular weight is 318 g/mol. The van der Waals surface area contributed by atoms with E-state index in [1.165, 1.54) is 5.56 Å². The van der Waals surface area contributed by atoms with Crippen LogP contribution in [0.5, 0.6) is 0 Å². The molecule has 3 rings (SSSR count). The zero-order valence-electron chi connectivity index (χ0n) is 14.0. The number of urea groups is 1. The summed E-state index contributed by atoms with van der Waals surface area (Å²) in [6.45, 7) is 7.59. The third-order valence-electron chi connectivity index (χ3n) is 4.86. The number of carbonyl (C=O) groups excluding carboxylic acids is 1. The molecule has 0 aliphatic carbocycles. The van der Waals surface area contributed by atoms with E-state index in [1.807, 2.05) is 23.1 Å². The van der Waals surface area contributed by atoms with Crippen LogP contribution in [0.15, 0.2) is 30.3 Å². The van der Waals surface area contributed by atoms with Gasteiger partial charge in [-0.25, -0.2) is 4.79 Å². The number of nitrogens with one attached hydrogen (secondary N) is 1. The van der Waals surface area contributed by atoms with E-state index in [0.717, 1.165) is 12.8 Å². The molecule has 2 amide bonds. The number of amides is 2. The van der Waals surface area contributed by atoms with Crippen molar-refractivity contribution in [2.24, 2.45) is 0 Å². The van der Waals surface area contributed by atoms with Gasteiger partial charge in [0.2, 0.25) is 0 Å². The number of hydrogen-bond acceptors (Lipinski definition) is 3. The van der Waals surface area contributed by atoms with Gasteiger partial charge in [-0.3, -0.25) is 0 Å². The van der Waals surface area contributed by atoms with Crippen LogP contribution in [0, 0.1) is 0 Å². The van der Waals surface area contributed by atoms with Gasteiger partial charge < -0.3 is 19.7 Å². The quantitative estimate of drug-likeness (QED) is 0.931. The second kappa shape index (κ2) is 6.49. The summed E-state index contributed by atoms with van der Waals surface area (Å²) in [5.41, 5.74) is 1.14. The Morgan fingerprint density at radius 3 is 2.39 bits per heavy atom. The first-order chi connectivity index (χ1) is 11.0. The Bertz CT molecular complexity index is 528. The van der Waals surface area contributed by atoms with Crippen LogP contribution in [-0.2, 0) is 14.9 Å². The maximum Gasteiger partial charge on any atom is 0.317 e. The standard InChI is InChI=1S/C18H26N2O3/c1-17(2,15-6-4-3-5-7-15)14-19-16(21)20-10-8-18(9-11-20)22-12-13-23-18/h3-7H,8-14H2,1-2H3,(H,19,21). The normalized spacial score (nSPS) is 20.7. The van der Waals surface area contributed by atoms with Gasteiger partial charge in [-0.05, 0) is 5.56 Å². The highest BCUT2D eigenvalue weighted by Crippen LogP contribution is 2.31. The lowest BCUT2D eigenvalue weighted by molar-refractivity contribution is -0.181. The zero-order chi connectivity index (χ0) is 16.3. The molecule has 1 N–H and O–H groups in total. The maximum atomic E-state index is 12.4. The van der Waals surface area contributed by atoms with Crippen molar-refractivity contribution in [3.05, 3.63) is 35.9 Å². The van der Waals surface area contributed by atoms with Gasteiger partial charge in [0, 0.05) is 37.9 Å². The first-order valence-corrected chi connectivity index (χ1v) is 8.37. The molecule has 5 heteroatoms. The van der Waals surface area contributed by atoms with Crippen LogP contribution in [0.3, 0.4) is 0 Å². The van der Waals surface area contributed by atoms with Crippen molar-refractivity contribution in [1.82, 2.24) is 10.2 Å². The monoisotopic (exact) mass is 318 g/mol. The minimum atomic E-state index is -0.430. The van der Waals surface area contributed by atoms with Crippen molar-refractivity contribution < 1.29 is 14.3 Å². The molecular formula is C18H26N2O3. The highest BCUT2D eigenvalue weighted by Gasteiger charge is 2.40. The highest BCUT2D eigenvalue weighted by molar-refractivity contribution is 5.74. The van der Waals surface area contributed by atoms with Crippen molar-refractivity contribution >= 4 is 6.03 Å². The number of benzene rings is 1. The summed E-state index contributed by atoms with van der Waals surface area (Å²) in [6, 6.07) is 10.3. The van der Waals surface area contributed by atoms with E-state index < -0.39 is 5.79 Å². The van der Waals surface area contributed by atoms with Crippen molar-refractivity contribution in [1.29, 1.82) is 0 Å². The molecule has 2 fully saturated rings. The van der Waals surface area contributed by atoms with Crippen molar-refractivity contribution in [3.63, 3.8) is 0 Å². The molecule has 1 aromatic rings. The predicted octanol–water partition coefficient (Wildman–Crippen LogP) is 2.51. The number of piperidine rings is 1. The summed E-state index contributed by atoms with van der Waals surface area (Å²) < 4.78 is 11.4. The molecule has 0 saturated carbocycles. The van der Waals surface area contributed by atoms with Gasteiger partial charge in [0.05, 0.1) is 13.2 Å². The van der Waals surface area contributed by atoms with Crippen molar-refractivity contribution in [2.45, 2.75) is 37.9 Å². The van der Waals surface area contributed by atoms with Crippen LogP contribution < -0.4 is 5.32 Å². The number of likely N-dealkylation sites (tertiary alicyclic amines) is 1. The van der Waals surface area contributed by atoms with E-state index in [4.69, 9.17) is 9.47 Å². The van der Waals surface area contributed by atoms with Crippen LogP contribution in [-0.4, -0.2) is 49.6 Å². The second-order valence-electron chi connectivity index (χ2n) is 7.00. The molecule has 5 nitrogen and oxygen atoms in total. The molecule has 0 radical (unpaired) electrons. The van der Waals surface area contributed by atoms with Crippen LogP contribution >= 0.6 is 0 Å². The van der Waals surface area contributed by atoms with Gasteiger partial charge in [-0.2, -0.15) is 0 Å². The van der Waals surface area contributed by atoms with Gasteiger partial charge >= 0.3 is 6.03 Å². The maximum absolute atomic E-state index is 12.4. The molecule has 1 aromatic carbocycles. The van der Waals surface area contributed by atoms with E-state index in [9.17, 15) is 4.79 Å². The molecule has 126 valence electrons. The number of rotatable bonds is 3. The highest BCUT2D eigenvalue weighted by atomic mass is 16.7. The van der Waals surface area contributed by atoms with Gasteiger partial charge in [0.1, 0.15) is 0 Å². The lowest BCUT2D eigenvalue weighted by atomic mass is 9.85.